The van der Waals surface area contributed by atoms with Gasteiger partial charge in [-0.05, 0) is 47.9 Å². The van der Waals surface area contributed by atoms with Gasteiger partial charge in [-0.25, -0.2) is 4.79 Å². The van der Waals surface area contributed by atoms with E-state index in [1.54, 1.807) is 0 Å². The highest BCUT2D eigenvalue weighted by Crippen LogP contribution is 2.44. The number of ether oxygens (including phenoxy) is 1. The lowest BCUT2D eigenvalue weighted by Crippen LogP contribution is -2.47. The first-order valence-corrected chi connectivity index (χ1v) is 12.3. The number of hydrogen-bond acceptors (Lipinski definition) is 4. The molecule has 182 valence electrons. The number of nitrogens with one attached hydrogen (secondary N) is 2. The van der Waals surface area contributed by atoms with Crippen LogP contribution in [0.1, 0.15) is 49.1 Å². The van der Waals surface area contributed by atoms with Gasteiger partial charge in [-0.3, -0.25) is 9.59 Å². The van der Waals surface area contributed by atoms with Crippen LogP contribution in [-0.4, -0.2) is 41.8 Å². The highest BCUT2D eigenvalue weighted by atomic mass is 16.5. The lowest BCUT2D eigenvalue weighted by atomic mass is 9.90. The molecule has 3 aliphatic carbocycles. The summed E-state index contributed by atoms with van der Waals surface area (Å²) in [7, 11) is 0. The number of carboxylic acids is 1. The van der Waals surface area contributed by atoms with Gasteiger partial charge in [0.25, 0.3) is 0 Å². The number of carboxylic acid groups (broad SMARTS) is 1. The normalized spacial score (nSPS) is 24.9. The number of fused-ring (bicyclic) bond motifs is 3. The zero-order valence-electron chi connectivity index (χ0n) is 19.5. The molecule has 2 aromatic carbocycles. The molecule has 4 atom stereocenters. The minimum Gasteiger partial charge on any atom is -0.481 e. The molecule has 7 nitrogen and oxygen atoms in total. The van der Waals surface area contributed by atoms with Gasteiger partial charge in [0, 0.05) is 18.0 Å². The maximum Gasteiger partial charge on any atom is 0.407 e. The van der Waals surface area contributed by atoms with E-state index in [0.29, 0.717) is 25.7 Å². The van der Waals surface area contributed by atoms with E-state index in [-0.39, 0.29) is 36.4 Å². The molecule has 5 rings (SSSR count). The van der Waals surface area contributed by atoms with Gasteiger partial charge in [0.05, 0.1) is 11.8 Å². The molecule has 1 fully saturated rings. The van der Waals surface area contributed by atoms with Crippen molar-refractivity contribution in [3.8, 4) is 11.1 Å². The van der Waals surface area contributed by atoms with Crippen LogP contribution in [0.3, 0.4) is 0 Å². The van der Waals surface area contributed by atoms with Crippen LogP contribution in [0.15, 0.2) is 60.7 Å². The van der Waals surface area contributed by atoms with Crippen molar-refractivity contribution in [1.82, 2.24) is 10.6 Å². The molecule has 3 N–H and O–H groups in total. The summed E-state index contributed by atoms with van der Waals surface area (Å²) < 4.78 is 5.66. The Morgan fingerprint density at radius 3 is 2.31 bits per heavy atom. The van der Waals surface area contributed by atoms with E-state index in [1.807, 2.05) is 36.4 Å². The maximum absolute atomic E-state index is 12.9. The molecule has 2 aromatic rings. The minimum atomic E-state index is -0.843. The number of alkyl carbamates (subject to hydrolysis) is 1. The van der Waals surface area contributed by atoms with Crippen molar-refractivity contribution in [1.29, 1.82) is 0 Å². The zero-order chi connectivity index (χ0) is 24.4. The molecule has 0 aliphatic heterocycles. The number of amides is 2. The average molecular weight is 475 g/mol. The van der Waals surface area contributed by atoms with Gasteiger partial charge in [0.15, 0.2) is 0 Å². The van der Waals surface area contributed by atoms with Gasteiger partial charge in [0.2, 0.25) is 5.91 Å². The Morgan fingerprint density at radius 2 is 1.63 bits per heavy atom. The highest BCUT2D eigenvalue weighted by molar-refractivity contribution is 5.82. The van der Waals surface area contributed by atoms with Crippen molar-refractivity contribution in [2.45, 2.75) is 50.1 Å². The molecule has 0 heterocycles. The van der Waals surface area contributed by atoms with Gasteiger partial charge in [-0.1, -0.05) is 67.1 Å². The lowest BCUT2D eigenvalue weighted by molar-refractivity contribution is -0.142. The van der Waals surface area contributed by atoms with Crippen molar-refractivity contribution in [3.63, 3.8) is 0 Å². The summed E-state index contributed by atoms with van der Waals surface area (Å²) in [5, 5.41) is 15.2. The molecular weight excluding hydrogens is 444 g/mol. The van der Waals surface area contributed by atoms with Crippen molar-refractivity contribution in [2.75, 3.05) is 6.61 Å². The van der Waals surface area contributed by atoms with E-state index in [4.69, 9.17) is 4.74 Å². The summed E-state index contributed by atoms with van der Waals surface area (Å²) in [6, 6.07) is 15.8. The van der Waals surface area contributed by atoms with Gasteiger partial charge >= 0.3 is 12.1 Å². The van der Waals surface area contributed by atoms with Crippen LogP contribution < -0.4 is 10.6 Å². The molecule has 0 bridgehead atoms. The van der Waals surface area contributed by atoms with Gasteiger partial charge < -0.3 is 20.5 Å². The summed E-state index contributed by atoms with van der Waals surface area (Å²) in [4.78, 5) is 37.0. The second kappa shape index (κ2) is 9.94. The first-order chi connectivity index (χ1) is 17.0. The number of benzene rings is 2. The molecule has 0 spiro atoms. The number of rotatable bonds is 6. The van der Waals surface area contributed by atoms with Crippen molar-refractivity contribution in [3.05, 3.63) is 71.8 Å². The monoisotopic (exact) mass is 474 g/mol. The maximum atomic E-state index is 12.9. The van der Waals surface area contributed by atoms with Crippen LogP contribution in [0, 0.1) is 11.8 Å². The van der Waals surface area contributed by atoms with Crippen LogP contribution in [0.25, 0.3) is 11.1 Å². The van der Waals surface area contributed by atoms with E-state index in [9.17, 15) is 19.5 Å². The summed E-state index contributed by atoms with van der Waals surface area (Å²) in [5.41, 5.74) is 4.65. The van der Waals surface area contributed by atoms with Crippen molar-refractivity contribution in [2.24, 2.45) is 11.8 Å². The molecule has 0 aromatic heterocycles. The third-order valence-corrected chi connectivity index (χ3v) is 7.50. The van der Waals surface area contributed by atoms with E-state index < -0.39 is 18.0 Å². The Morgan fingerprint density at radius 1 is 0.943 bits per heavy atom. The molecule has 2 unspecified atom stereocenters. The van der Waals surface area contributed by atoms with Crippen molar-refractivity contribution >= 4 is 18.0 Å². The second-order valence-corrected chi connectivity index (χ2v) is 9.66. The molecule has 0 radical (unpaired) electrons. The predicted octanol–water partition coefficient (Wildman–Crippen LogP) is 4.23. The van der Waals surface area contributed by atoms with Gasteiger partial charge in [0.1, 0.15) is 6.61 Å². The fraction of sp³-hybridized carbons (Fsp3) is 0.393. The quantitative estimate of drug-likeness (QED) is 0.544. The molecular formula is C28H30N2O5. The van der Waals surface area contributed by atoms with Crippen LogP contribution in [0.4, 0.5) is 4.79 Å². The van der Waals surface area contributed by atoms with Crippen molar-refractivity contribution < 1.29 is 24.2 Å². The molecule has 7 heteroatoms. The highest BCUT2D eigenvalue weighted by Gasteiger charge is 2.36. The van der Waals surface area contributed by atoms with Gasteiger partial charge in [-0.2, -0.15) is 0 Å². The smallest absolute Gasteiger partial charge is 0.407 e. The summed E-state index contributed by atoms with van der Waals surface area (Å²) in [6.07, 6.45) is 6.25. The third-order valence-electron chi connectivity index (χ3n) is 7.50. The first-order valence-electron chi connectivity index (χ1n) is 12.3. The largest absolute Gasteiger partial charge is 0.481 e. The Bertz CT molecular complexity index is 1110. The Labute approximate surface area is 204 Å². The van der Waals surface area contributed by atoms with Crippen LogP contribution in [-0.2, 0) is 14.3 Å². The summed E-state index contributed by atoms with van der Waals surface area (Å²) in [6.45, 7) is 0.229. The summed E-state index contributed by atoms with van der Waals surface area (Å²) >= 11 is 0. The van der Waals surface area contributed by atoms with Crippen LogP contribution in [0.2, 0.25) is 0 Å². The third kappa shape index (κ3) is 4.81. The Balaban J connectivity index is 1.17. The fourth-order valence-electron chi connectivity index (χ4n) is 5.72. The summed E-state index contributed by atoms with van der Waals surface area (Å²) in [5.74, 6) is -1.84. The van der Waals surface area contributed by atoms with E-state index >= 15 is 0 Å². The van der Waals surface area contributed by atoms with Crippen LogP contribution in [0.5, 0.6) is 0 Å². The van der Waals surface area contributed by atoms with E-state index in [1.165, 1.54) is 11.1 Å². The molecule has 2 amide bonds. The SMILES string of the molecule is O=C(N[C@@H]1CCC[C@@H]1C(=O)NC1C=CCC(C(=O)O)C1)OCC1c2ccccc2-c2ccccc21. The topological polar surface area (TPSA) is 105 Å². The Kier molecular flexibility index (Phi) is 6.57. The predicted molar refractivity (Wildman–Crippen MR) is 131 cm³/mol. The first kappa shape index (κ1) is 23.1. The number of allylic oxidation sites excluding steroid dienone is 1. The molecule has 35 heavy (non-hydrogen) atoms. The fourth-order valence-corrected chi connectivity index (χ4v) is 5.72. The lowest BCUT2D eigenvalue weighted by Gasteiger charge is -2.26. The number of hydrogen-bond donors (Lipinski definition) is 3. The minimum absolute atomic E-state index is 0.0175. The number of carbonyl (C=O) groups excluding carboxylic acids is 2. The van der Waals surface area contributed by atoms with E-state index in [2.05, 4.69) is 34.9 Å². The standard InChI is InChI=1S/C28H30N2O5/c31-26(29-18-8-5-7-17(15-18)27(32)33)23-13-6-14-25(23)30-28(34)35-16-24-21-11-3-1-9-19(21)20-10-2-4-12-22(20)24/h1-5,8-12,17-18,23-25H,6-7,13-16H2,(H,29,31)(H,30,34)(H,32,33)/t17?,18?,23-,25+/m0/s1. The zero-order valence-corrected chi connectivity index (χ0v) is 19.5. The van der Waals surface area contributed by atoms with E-state index in [0.717, 1.165) is 17.5 Å². The number of aliphatic carboxylic acids is 1. The molecule has 3 aliphatic rings. The Hall–Kier alpha value is -3.61. The average Bonchev–Trinajstić information content (AvgIpc) is 3.45. The van der Waals surface area contributed by atoms with Gasteiger partial charge in [-0.15, -0.1) is 0 Å². The number of carbonyl (C=O) groups is 3. The molecule has 1 saturated carbocycles. The molecule has 0 saturated heterocycles. The second-order valence-electron chi connectivity index (χ2n) is 9.66. The van der Waals surface area contributed by atoms with Crippen LogP contribution >= 0.6 is 0 Å².